The van der Waals surface area contributed by atoms with E-state index in [4.69, 9.17) is 0 Å². The first-order valence-electron chi connectivity index (χ1n) is 14.6. The average molecular weight is 503 g/mol. The minimum absolute atomic E-state index is 0.0392. The maximum absolute atomic E-state index is 12.5. The van der Waals surface area contributed by atoms with Gasteiger partial charge in [0, 0.05) is 11.8 Å². The van der Waals surface area contributed by atoms with Crippen molar-refractivity contribution in [3.05, 3.63) is 12.2 Å². The molecule has 5 aliphatic rings. The zero-order valence-corrected chi connectivity index (χ0v) is 23.4. The number of fused-ring (bicyclic) bond motifs is 2. The molecule has 0 aromatic carbocycles. The van der Waals surface area contributed by atoms with Crippen LogP contribution >= 0.6 is 0 Å². The number of aliphatic carboxylic acids is 1. The lowest BCUT2D eigenvalue weighted by atomic mass is 9.40. The van der Waals surface area contributed by atoms with E-state index in [0.29, 0.717) is 24.2 Å². The van der Waals surface area contributed by atoms with Crippen molar-refractivity contribution in [1.29, 1.82) is 0 Å². The van der Waals surface area contributed by atoms with Gasteiger partial charge < -0.3 is 20.4 Å². The van der Waals surface area contributed by atoms with Gasteiger partial charge in [-0.2, -0.15) is 0 Å². The Hall–Kier alpha value is -0.910. The van der Waals surface area contributed by atoms with Crippen LogP contribution in [0.15, 0.2) is 12.2 Å². The molecular weight excluding hydrogens is 452 g/mol. The first-order chi connectivity index (χ1) is 16.6. The minimum Gasteiger partial charge on any atom is -0.481 e. The third kappa shape index (κ3) is 2.97. The van der Waals surface area contributed by atoms with Crippen LogP contribution in [0.2, 0.25) is 0 Å². The molecule has 0 aliphatic heterocycles. The van der Waals surface area contributed by atoms with E-state index < -0.39 is 41.0 Å². The van der Waals surface area contributed by atoms with Crippen molar-refractivity contribution in [3.8, 4) is 0 Å². The number of hydrogen-bond acceptors (Lipinski definition) is 4. The molecule has 0 aromatic heterocycles. The summed E-state index contributed by atoms with van der Waals surface area (Å²) in [4.78, 5) is 12.5. The lowest BCUT2D eigenvalue weighted by molar-refractivity contribution is -0.232. The third-order valence-corrected chi connectivity index (χ3v) is 13.7. The summed E-state index contributed by atoms with van der Waals surface area (Å²) < 4.78 is 0. The Kier molecular flexibility index (Phi) is 5.97. The summed E-state index contributed by atoms with van der Waals surface area (Å²) in [6.07, 6.45) is 5.40. The van der Waals surface area contributed by atoms with Crippen molar-refractivity contribution in [2.45, 2.75) is 118 Å². The van der Waals surface area contributed by atoms with Crippen molar-refractivity contribution in [2.75, 3.05) is 0 Å². The highest BCUT2D eigenvalue weighted by molar-refractivity contribution is 5.76. The maximum atomic E-state index is 12.5. The van der Waals surface area contributed by atoms with Gasteiger partial charge in [0.1, 0.15) is 0 Å². The van der Waals surface area contributed by atoms with Crippen molar-refractivity contribution >= 4 is 5.97 Å². The average Bonchev–Trinajstić information content (AvgIpc) is 3.39. The standard InChI is InChI=1S/C31H50O5/c1-17(2)18(3)8-9-19(4)20-10-11-28(6)25-21(32)14-22-29(7,26(35)36)23(33)15-24(34)31(22)16-30(25,31)13-12-27(20,28)5/h17,19-25,32-34H,3,8-16H2,1-2,4-7H3,(H,35,36)/t19-,20-,21+,22+,23+,24+,25+,27-,28+,29+,30+,31-/m1/s1. The van der Waals surface area contributed by atoms with Gasteiger partial charge >= 0.3 is 5.97 Å². The van der Waals surface area contributed by atoms with Crippen molar-refractivity contribution in [3.63, 3.8) is 0 Å². The summed E-state index contributed by atoms with van der Waals surface area (Å²) >= 11 is 0. The van der Waals surface area contributed by atoms with E-state index in [1.807, 2.05) is 0 Å². The molecular formula is C31H50O5. The Morgan fingerprint density at radius 3 is 2.25 bits per heavy atom. The largest absolute Gasteiger partial charge is 0.481 e. The molecule has 5 fully saturated rings. The Morgan fingerprint density at radius 2 is 1.64 bits per heavy atom. The zero-order valence-electron chi connectivity index (χ0n) is 23.4. The molecule has 12 atom stereocenters. The summed E-state index contributed by atoms with van der Waals surface area (Å²) in [5.41, 5.74) is -0.631. The van der Waals surface area contributed by atoms with E-state index in [1.54, 1.807) is 6.92 Å². The normalized spacial score (nSPS) is 54.2. The highest BCUT2D eigenvalue weighted by Gasteiger charge is 2.87. The number of carboxylic acid groups (broad SMARTS) is 1. The summed E-state index contributed by atoms with van der Waals surface area (Å²) in [5.74, 6) is 0.382. The van der Waals surface area contributed by atoms with Crippen LogP contribution < -0.4 is 0 Å². The highest BCUT2D eigenvalue weighted by Crippen LogP contribution is 2.89. The molecule has 204 valence electrons. The summed E-state index contributed by atoms with van der Waals surface area (Å²) in [5, 5.41) is 44.4. The van der Waals surface area contributed by atoms with Gasteiger partial charge in [-0.1, -0.05) is 46.8 Å². The molecule has 5 aliphatic carbocycles. The Labute approximate surface area is 217 Å². The molecule has 0 saturated heterocycles. The molecule has 0 radical (unpaired) electrons. The van der Waals surface area contributed by atoms with E-state index in [2.05, 4.69) is 41.2 Å². The molecule has 5 saturated carbocycles. The molecule has 5 nitrogen and oxygen atoms in total. The first-order valence-corrected chi connectivity index (χ1v) is 14.6. The van der Waals surface area contributed by atoms with Crippen molar-refractivity contribution in [1.82, 2.24) is 0 Å². The second kappa shape index (κ2) is 8.05. The van der Waals surface area contributed by atoms with Crippen LogP contribution in [0.3, 0.4) is 0 Å². The van der Waals surface area contributed by atoms with E-state index in [-0.39, 0.29) is 28.6 Å². The zero-order chi connectivity index (χ0) is 26.6. The summed E-state index contributed by atoms with van der Waals surface area (Å²) in [7, 11) is 0. The second-order valence-corrected chi connectivity index (χ2v) is 14.9. The van der Waals surface area contributed by atoms with Crippen LogP contribution in [-0.4, -0.2) is 44.7 Å². The van der Waals surface area contributed by atoms with E-state index in [1.165, 1.54) is 12.0 Å². The Bertz CT molecular complexity index is 945. The molecule has 5 rings (SSSR count). The highest BCUT2D eigenvalue weighted by atomic mass is 16.4. The topological polar surface area (TPSA) is 98.0 Å². The first kappa shape index (κ1) is 26.7. The number of rotatable bonds is 6. The molecule has 2 spiro atoms. The van der Waals surface area contributed by atoms with Crippen LogP contribution in [0, 0.1) is 56.7 Å². The molecule has 0 heterocycles. The molecule has 0 amide bonds. The number of carbonyl (C=O) groups is 1. The minimum atomic E-state index is -1.33. The van der Waals surface area contributed by atoms with E-state index in [0.717, 1.165) is 38.5 Å². The quantitative estimate of drug-likeness (QED) is 0.364. The molecule has 0 unspecified atom stereocenters. The van der Waals surface area contributed by atoms with Crippen LogP contribution in [0.25, 0.3) is 0 Å². The van der Waals surface area contributed by atoms with Crippen LogP contribution in [0.1, 0.15) is 99.3 Å². The van der Waals surface area contributed by atoms with Gasteiger partial charge in [-0.15, -0.1) is 0 Å². The van der Waals surface area contributed by atoms with Gasteiger partial charge in [-0.3, -0.25) is 4.79 Å². The molecule has 4 N–H and O–H groups in total. The van der Waals surface area contributed by atoms with Crippen LogP contribution in [0.5, 0.6) is 0 Å². The Morgan fingerprint density at radius 1 is 0.972 bits per heavy atom. The van der Waals surface area contributed by atoms with Gasteiger partial charge in [0.15, 0.2) is 0 Å². The number of hydrogen-bond donors (Lipinski definition) is 4. The van der Waals surface area contributed by atoms with Gasteiger partial charge in [0.25, 0.3) is 0 Å². The van der Waals surface area contributed by atoms with Gasteiger partial charge in [0.2, 0.25) is 0 Å². The fourth-order valence-electron chi connectivity index (χ4n) is 11.2. The SMILES string of the molecule is C=C(CC[C@@H](C)[C@H]1CC[C@@]2(C)[C@@H]3[C@@H](O)C[C@H]4[C@](C)(C(=O)O)[C@@H](O)C[C@H](O)[C@@]45C[C@@]35CC[C@]12C)C(C)C. The number of aliphatic hydroxyl groups excluding tert-OH is 3. The van der Waals surface area contributed by atoms with Crippen molar-refractivity contribution < 1.29 is 25.2 Å². The number of carboxylic acids is 1. The monoisotopic (exact) mass is 502 g/mol. The summed E-state index contributed by atoms with van der Waals surface area (Å²) in [6.45, 7) is 17.7. The molecule has 36 heavy (non-hydrogen) atoms. The molecule has 0 aromatic rings. The van der Waals surface area contributed by atoms with Crippen LogP contribution in [-0.2, 0) is 4.79 Å². The fourth-order valence-corrected chi connectivity index (χ4v) is 11.2. The van der Waals surface area contributed by atoms with Crippen LogP contribution in [0.4, 0.5) is 0 Å². The third-order valence-electron chi connectivity index (χ3n) is 13.7. The Balaban J connectivity index is 1.47. The fraction of sp³-hybridized carbons (Fsp3) is 0.903. The van der Waals surface area contributed by atoms with E-state index in [9.17, 15) is 25.2 Å². The molecule has 0 bridgehead atoms. The lowest BCUT2D eigenvalue weighted by Gasteiger charge is -2.64. The van der Waals surface area contributed by atoms with E-state index >= 15 is 0 Å². The molecule has 5 heteroatoms. The predicted octanol–water partition coefficient (Wildman–Crippen LogP) is 5.42. The van der Waals surface area contributed by atoms with Crippen molar-refractivity contribution in [2.24, 2.45) is 56.7 Å². The van der Waals surface area contributed by atoms with Gasteiger partial charge in [-0.25, -0.2) is 0 Å². The lowest BCUT2D eigenvalue weighted by Crippen LogP contribution is -2.66. The number of allylic oxidation sites excluding steroid dienone is 1. The number of aliphatic hydroxyl groups is 3. The predicted molar refractivity (Wildman–Crippen MR) is 140 cm³/mol. The maximum Gasteiger partial charge on any atom is 0.312 e. The summed E-state index contributed by atoms with van der Waals surface area (Å²) in [6, 6.07) is 0. The smallest absolute Gasteiger partial charge is 0.312 e. The van der Waals surface area contributed by atoms with Gasteiger partial charge in [0.05, 0.1) is 23.7 Å². The second-order valence-electron chi connectivity index (χ2n) is 14.9. The van der Waals surface area contributed by atoms with Gasteiger partial charge in [-0.05, 0) is 104 Å².